The van der Waals surface area contributed by atoms with E-state index in [0.29, 0.717) is 6.04 Å². The standard InChI is InChI=1S/C16H24N2O/c1-12(2)16(19)18-10-9-17-15-8-7-13-5-3-4-6-14(13)11-15/h3-6,12,15,17H,7-11H2,1-2H3,(H,18,19). The minimum Gasteiger partial charge on any atom is -0.355 e. The Morgan fingerprint density at radius 1 is 1.26 bits per heavy atom. The monoisotopic (exact) mass is 260 g/mol. The molecule has 0 heterocycles. The van der Waals surface area contributed by atoms with Gasteiger partial charge in [-0.25, -0.2) is 0 Å². The Kier molecular flexibility index (Phi) is 4.97. The number of hydrogen-bond acceptors (Lipinski definition) is 2. The molecule has 0 spiro atoms. The molecule has 1 atom stereocenters. The first-order valence-electron chi connectivity index (χ1n) is 7.24. The van der Waals surface area contributed by atoms with Crippen LogP contribution in [0.1, 0.15) is 31.4 Å². The van der Waals surface area contributed by atoms with E-state index >= 15 is 0 Å². The highest BCUT2D eigenvalue weighted by Crippen LogP contribution is 2.20. The van der Waals surface area contributed by atoms with E-state index < -0.39 is 0 Å². The van der Waals surface area contributed by atoms with Crippen LogP contribution in [0.25, 0.3) is 0 Å². The normalized spacial score (nSPS) is 18.2. The number of aryl methyl sites for hydroxylation is 1. The van der Waals surface area contributed by atoms with Gasteiger partial charge in [-0.2, -0.15) is 0 Å². The van der Waals surface area contributed by atoms with E-state index in [2.05, 4.69) is 34.9 Å². The van der Waals surface area contributed by atoms with Crippen LogP contribution >= 0.6 is 0 Å². The maximum atomic E-state index is 11.4. The van der Waals surface area contributed by atoms with Gasteiger partial charge in [0.1, 0.15) is 0 Å². The van der Waals surface area contributed by atoms with Gasteiger partial charge in [0.25, 0.3) is 0 Å². The van der Waals surface area contributed by atoms with Crippen LogP contribution in [0.4, 0.5) is 0 Å². The summed E-state index contributed by atoms with van der Waals surface area (Å²) in [5.74, 6) is 0.206. The lowest BCUT2D eigenvalue weighted by molar-refractivity contribution is -0.123. The topological polar surface area (TPSA) is 41.1 Å². The zero-order chi connectivity index (χ0) is 13.7. The first kappa shape index (κ1) is 14.1. The molecule has 1 unspecified atom stereocenters. The first-order valence-corrected chi connectivity index (χ1v) is 7.24. The summed E-state index contributed by atoms with van der Waals surface area (Å²) in [6, 6.07) is 9.24. The Balaban J connectivity index is 1.70. The quantitative estimate of drug-likeness (QED) is 0.794. The van der Waals surface area contributed by atoms with Crippen LogP contribution in [-0.4, -0.2) is 25.0 Å². The predicted molar refractivity (Wildman–Crippen MR) is 78.1 cm³/mol. The van der Waals surface area contributed by atoms with Gasteiger partial charge in [-0.15, -0.1) is 0 Å². The molecule has 0 saturated heterocycles. The van der Waals surface area contributed by atoms with Crippen molar-refractivity contribution in [1.29, 1.82) is 0 Å². The molecule has 1 aliphatic rings. The Hall–Kier alpha value is -1.35. The van der Waals surface area contributed by atoms with Crippen molar-refractivity contribution in [1.82, 2.24) is 10.6 Å². The second-order valence-electron chi connectivity index (χ2n) is 5.61. The average Bonchev–Trinajstić information content (AvgIpc) is 2.43. The van der Waals surface area contributed by atoms with Gasteiger partial charge in [0, 0.05) is 25.0 Å². The van der Waals surface area contributed by atoms with E-state index in [0.717, 1.165) is 25.9 Å². The number of fused-ring (bicyclic) bond motifs is 1. The summed E-state index contributed by atoms with van der Waals surface area (Å²) in [5, 5.41) is 6.48. The Bertz CT molecular complexity index is 429. The summed E-state index contributed by atoms with van der Waals surface area (Å²) in [4.78, 5) is 11.4. The predicted octanol–water partition coefficient (Wildman–Crippen LogP) is 1.91. The summed E-state index contributed by atoms with van der Waals surface area (Å²) < 4.78 is 0. The van der Waals surface area contributed by atoms with Crippen LogP contribution in [0.3, 0.4) is 0 Å². The van der Waals surface area contributed by atoms with Crippen molar-refractivity contribution in [2.45, 2.75) is 39.2 Å². The van der Waals surface area contributed by atoms with Crippen LogP contribution < -0.4 is 10.6 Å². The Labute approximate surface area is 115 Å². The molecule has 1 aliphatic carbocycles. The van der Waals surface area contributed by atoms with Crippen LogP contribution in [0.2, 0.25) is 0 Å². The lowest BCUT2D eigenvalue weighted by Gasteiger charge is -2.25. The summed E-state index contributed by atoms with van der Waals surface area (Å²) in [6.45, 7) is 5.40. The number of amides is 1. The molecule has 19 heavy (non-hydrogen) atoms. The average molecular weight is 260 g/mol. The first-order chi connectivity index (χ1) is 9.16. The highest BCUT2D eigenvalue weighted by Gasteiger charge is 2.17. The van der Waals surface area contributed by atoms with Gasteiger partial charge in [0.15, 0.2) is 0 Å². The number of carbonyl (C=O) groups is 1. The van der Waals surface area contributed by atoms with Crippen molar-refractivity contribution in [3.05, 3.63) is 35.4 Å². The van der Waals surface area contributed by atoms with Crippen molar-refractivity contribution in [3.63, 3.8) is 0 Å². The van der Waals surface area contributed by atoms with E-state index in [1.165, 1.54) is 17.5 Å². The molecule has 0 radical (unpaired) electrons. The molecule has 2 N–H and O–H groups in total. The maximum absolute atomic E-state index is 11.4. The van der Waals surface area contributed by atoms with E-state index in [-0.39, 0.29) is 11.8 Å². The summed E-state index contributed by atoms with van der Waals surface area (Å²) in [5.41, 5.74) is 2.96. The van der Waals surface area contributed by atoms with Crippen molar-refractivity contribution < 1.29 is 4.79 Å². The lowest BCUT2D eigenvalue weighted by Crippen LogP contribution is -2.40. The minimum atomic E-state index is 0.0709. The molecule has 1 aromatic carbocycles. The number of nitrogens with one attached hydrogen (secondary N) is 2. The number of benzene rings is 1. The molecule has 3 heteroatoms. The lowest BCUT2D eigenvalue weighted by atomic mass is 9.88. The van der Waals surface area contributed by atoms with Crippen molar-refractivity contribution in [2.75, 3.05) is 13.1 Å². The maximum Gasteiger partial charge on any atom is 0.222 e. The molecule has 1 amide bonds. The molecule has 1 aromatic rings. The third-order valence-corrected chi connectivity index (χ3v) is 3.73. The van der Waals surface area contributed by atoms with Crippen molar-refractivity contribution in [2.24, 2.45) is 5.92 Å². The molecule has 0 fully saturated rings. The molecule has 0 aromatic heterocycles. The van der Waals surface area contributed by atoms with Crippen molar-refractivity contribution in [3.8, 4) is 0 Å². The molecule has 104 valence electrons. The Morgan fingerprint density at radius 3 is 2.74 bits per heavy atom. The van der Waals surface area contributed by atoms with Crippen LogP contribution in [-0.2, 0) is 17.6 Å². The van der Waals surface area contributed by atoms with Crippen LogP contribution in [0.15, 0.2) is 24.3 Å². The fourth-order valence-corrected chi connectivity index (χ4v) is 2.54. The van der Waals surface area contributed by atoms with E-state index in [1.54, 1.807) is 0 Å². The molecule has 2 rings (SSSR count). The molecule has 0 aliphatic heterocycles. The van der Waals surface area contributed by atoms with Crippen molar-refractivity contribution >= 4 is 5.91 Å². The third kappa shape index (κ3) is 4.06. The second-order valence-corrected chi connectivity index (χ2v) is 5.61. The zero-order valence-corrected chi connectivity index (χ0v) is 11.9. The van der Waals surface area contributed by atoms with Gasteiger partial charge in [-0.1, -0.05) is 38.1 Å². The molecular weight excluding hydrogens is 236 g/mol. The molecular formula is C16H24N2O. The fraction of sp³-hybridized carbons (Fsp3) is 0.562. The van der Waals surface area contributed by atoms with Gasteiger partial charge in [0.2, 0.25) is 5.91 Å². The van der Waals surface area contributed by atoms with E-state index in [9.17, 15) is 4.79 Å². The smallest absolute Gasteiger partial charge is 0.222 e. The van der Waals surface area contributed by atoms with E-state index in [1.807, 2.05) is 13.8 Å². The molecule has 0 saturated carbocycles. The molecule has 0 bridgehead atoms. The van der Waals surface area contributed by atoms with Crippen LogP contribution in [0, 0.1) is 5.92 Å². The Morgan fingerprint density at radius 2 is 2.00 bits per heavy atom. The second kappa shape index (κ2) is 6.71. The van der Waals surface area contributed by atoms with Gasteiger partial charge < -0.3 is 10.6 Å². The largest absolute Gasteiger partial charge is 0.355 e. The van der Waals surface area contributed by atoms with E-state index in [4.69, 9.17) is 0 Å². The van der Waals surface area contributed by atoms with Crippen LogP contribution in [0.5, 0.6) is 0 Å². The van der Waals surface area contributed by atoms with Gasteiger partial charge in [-0.3, -0.25) is 4.79 Å². The fourth-order valence-electron chi connectivity index (χ4n) is 2.54. The number of carbonyl (C=O) groups excluding carboxylic acids is 1. The highest BCUT2D eigenvalue weighted by molar-refractivity contribution is 5.77. The summed E-state index contributed by atoms with van der Waals surface area (Å²) in [7, 11) is 0. The molecule has 3 nitrogen and oxygen atoms in total. The highest BCUT2D eigenvalue weighted by atomic mass is 16.1. The van der Waals surface area contributed by atoms with Gasteiger partial charge in [0.05, 0.1) is 0 Å². The van der Waals surface area contributed by atoms with Gasteiger partial charge >= 0.3 is 0 Å². The summed E-state index contributed by atoms with van der Waals surface area (Å²) in [6.07, 6.45) is 3.45. The van der Waals surface area contributed by atoms with Gasteiger partial charge in [-0.05, 0) is 30.4 Å². The number of rotatable bonds is 5. The number of hydrogen-bond donors (Lipinski definition) is 2. The zero-order valence-electron chi connectivity index (χ0n) is 11.9. The SMILES string of the molecule is CC(C)C(=O)NCCNC1CCc2ccccc2C1. The third-order valence-electron chi connectivity index (χ3n) is 3.73. The minimum absolute atomic E-state index is 0.0709. The summed E-state index contributed by atoms with van der Waals surface area (Å²) >= 11 is 0.